The molecule has 0 atom stereocenters. The normalized spacial score (nSPS) is 12.0. The van der Waals surface area contributed by atoms with Crippen LogP contribution in [-0.2, 0) is 12.4 Å². The van der Waals surface area contributed by atoms with E-state index in [4.69, 9.17) is 0 Å². The topological polar surface area (TPSA) is 57.4 Å². The van der Waals surface area contributed by atoms with Gasteiger partial charge in [-0.3, -0.25) is 0 Å². The second-order valence-electron chi connectivity index (χ2n) is 15.0. The van der Waals surface area contributed by atoms with Crippen molar-refractivity contribution >= 4 is 43.6 Å². The third-order valence-electron chi connectivity index (χ3n) is 11.4. The lowest BCUT2D eigenvalue weighted by atomic mass is 9.97. The predicted octanol–water partition coefficient (Wildman–Crippen LogP) is 14.7. The van der Waals surface area contributed by atoms with Crippen molar-refractivity contribution in [2.75, 3.05) is 0 Å². The summed E-state index contributed by atoms with van der Waals surface area (Å²) in [5.41, 5.74) is 4.34. The Hall–Kier alpha value is -8.08. The SMILES string of the molecule is N#Cc1ccc(-c2ccc3c(c2)c2ccccc2n3-c2cc(C(F)(F)F)c(-n3c4ccccc4c4cc(-c5ccc(C#N)cc5)ccc43)cc2-c2cccc(C(F)(F)F)c2)cc1. The number of nitrogens with zero attached hydrogens (tertiary/aromatic N) is 4. The Labute approximate surface area is 350 Å². The lowest BCUT2D eigenvalue weighted by Crippen LogP contribution is -2.13. The van der Waals surface area contributed by atoms with E-state index < -0.39 is 23.5 Å². The van der Waals surface area contributed by atoms with Gasteiger partial charge in [-0.1, -0.05) is 84.9 Å². The fraction of sp³-hybridized carbons (Fsp3) is 0.0385. The molecule has 8 aromatic carbocycles. The lowest BCUT2D eigenvalue weighted by molar-refractivity contribution is -0.138. The van der Waals surface area contributed by atoms with Crippen LogP contribution in [0.5, 0.6) is 0 Å². The molecule has 0 saturated carbocycles. The Morgan fingerprint density at radius 2 is 0.839 bits per heavy atom. The van der Waals surface area contributed by atoms with E-state index >= 15 is 13.2 Å². The number of nitriles is 2. The first-order valence-electron chi connectivity index (χ1n) is 19.4. The van der Waals surface area contributed by atoms with Crippen LogP contribution in [0.2, 0.25) is 0 Å². The fourth-order valence-electron chi connectivity index (χ4n) is 8.57. The summed E-state index contributed by atoms with van der Waals surface area (Å²) in [6, 6.07) is 50.7. The van der Waals surface area contributed by atoms with Gasteiger partial charge in [-0.2, -0.15) is 36.9 Å². The molecule has 0 bridgehead atoms. The molecule has 62 heavy (non-hydrogen) atoms. The average Bonchev–Trinajstić information content (AvgIpc) is 3.80. The Morgan fingerprint density at radius 3 is 1.32 bits per heavy atom. The highest BCUT2D eigenvalue weighted by Gasteiger charge is 2.37. The van der Waals surface area contributed by atoms with Gasteiger partial charge in [0, 0.05) is 27.1 Å². The van der Waals surface area contributed by atoms with Crippen LogP contribution in [-0.4, -0.2) is 9.13 Å². The highest BCUT2D eigenvalue weighted by molar-refractivity contribution is 6.12. The van der Waals surface area contributed by atoms with Crippen molar-refractivity contribution in [1.82, 2.24) is 9.13 Å². The summed E-state index contributed by atoms with van der Waals surface area (Å²) < 4.78 is 94.0. The predicted molar refractivity (Wildman–Crippen MR) is 231 cm³/mol. The maximum absolute atomic E-state index is 15.9. The van der Waals surface area contributed by atoms with Gasteiger partial charge in [0.15, 0.2) is 0 Å². The third-order valence-corrected chi connectivity index (χ3v) is 11.4. The average molecular weight is 823 g/mol. The van der Waals surface area contributed by atoms with Gasteiger partial charge in [-0.15, -0.1) is 0 Å². The molecule has 10 aromatic rings. The van der Waals surface area contributed by atoms with Gasteiger partial charge < -0.3 is 9.13 Å². The maximum Gasteiger partial charge on any atom is 0.418 e. The van der Waals surface area contributed by atoms with E-state index in [0.29, 0.717) is 44.0 Å². The van der Waals surface area contributed by atoms with E-state index in [9.17, 15) is 23.7 Å². The van der Waals surface area contributed by atoms with Gasteiger partial charge in [0.1, 0.15) is 0 Å². The largest absolute Gasteiger partial charge is 0.418 e. The summed E-state index contributed by atoms with van der Waals surface area (Å²) in [6.07, 6.45) is -9.64. The Kier molecular flexibility index (Phi) is 8.79. The zero-order valence-corrected chi connectivity index (χ0v) is 32.2. The molecular weight excluding hydrogens is 795 g/mol. The van der Waals surface area contributed by atoms with E-state index in [1.165, 1.54) is 22.8 Å². The van der Waals surface area contributed by atoms with Gasteiger partial charge >= 0.3 is 12.4 Å². The van der Waals surface area contributed by atoms with E-state index in [1.807, 2.05) is 60.7 Å². The molecule has 298 valence electrons. The minimum absolute atomic E-state index is 0.0431. The minimum Gasteiger partial charge on any atom is -0.309 e. The van der Waals surface area contributed by atoms with Crippen molar-refractivity contribution in [2.24, 2.45) is 0 Å². The summed E-state index contributed by atoms with van der Waals surface area (Å²) in [7, 11) is 0. The van der Waals surface area contributed by atoms with Gasteiger partial charge in [-0.25, -0.2) is 0 Å². The van der Waals surface area contributed by atoms with Crippen molar-refractivity contribution < 1.29 is 26.3 Å². The molecule has 0 aliphatic heterocycles. The zero-order valence-electron chi connectivity index (χ0n) is 32.2. The second-order valence-corrected chi connectivity index (χ2v) is 15.0. The molecule has 10 rings (SSSR count). The van der Waals surface area contributed by atoms with Crippen LogP contribution in [0.25, 0.3) is 88.4 Å². The molecule has 10 heteroatoms. The second kappa shape index (κ2) is 14.3. The highest BCUT2D eigenvalue weighted by atomic mass is 19.4. The Balaban J connectivity index is 1.28. The molecule has 0 spiro atoms. The van der Waals surface area contributed by atoms with Crippen LogP contribution in [0.1, 0.15) is 22.3 Å². The van der Waals surface area contributed by atoms with E-state index in [0.717, 1.165) is 51.2 Å². The molecule has 0 saturated heterocycles. The molecule has 0 N–H and O–H groups in total. The molecule has 2 aromatic heterocycles. The summed E-state index contributed by atoms with van der Waals surface area (Å²) in [5.74, 6) is 0. The molecule has 0 unspecified atom stereocenters. The third kappa shape index (κ3) is 6.32. The van der Waals surface area contributed by atoms with Crippen molar-refractivity contribution in [3.05, 3.63) is 192 Å². The summed E-state index contributed by atoms with van der Waals surface area (Å²) in [4.78, 5) is 0. The molecular formula is C52H28F6N4. The molecule has 0 aliphatic carbocycles. The van der Waals surface area contributed by atoms with Gasteiger partial charge in [-0.05, 0) is 113 Å². The van der Waals surface area contributed by atoms with Crippen LogP contribution in [0.15, 0.2) is 170 Å². The first-order valence-corrected chi connectivity index (χ1v) is 19.4. The zero-order chi connectivity index (χ0) is 42.9. The van der Waals surface area contributed by atoms with Crippen LogP contribution in [0, 0.1) is 22.7 Å². The minimum atomic E-state index is -4.92. The van der Waals surface area contributed by atoms with Gasteiger partial charge in [0.05, 0.1) is 67.8 Å². The van der Waals surface area contributed by atoms with E-state index in [2.05, 4.69) is 12.1 Å². The van der Waals surface area contributed by atoms with Gasteiger partial charge in [0.25, 0.3) is 0 Å². The molecule has 0 aliphatic rings. The number of hydrogen-bond donors (Lipinski definition) is 0. The van der Waals surface area contributed by atoms with Crippen LogP contribution >= 0.6 is 0 Å². The van der Waals surface area contributed by atoms with Crippen LogP contribution in [0.4, 0.5) is 26.3 Å². The summed E-state index contributed by atoms with van der Waals surface area (Å²) in [5, 5.41) is 21.5. The summed E-state index contributed by atoms with van der Waals surface area (Å²) in [6.45, 7) is 0. The number of halogens is 6. The standard InChI is InChI=1S/C52H28F6N4/c53-51(54,55)38-7-5-6-37(24-38)41-27-50(62-46-11-4-2-9-40(46)43-26-36(21-23-48(43)62)34-18-14-32(30-60)15-19-34)44(52(56,57)58)28-49(41)61-45-10-3-1-8-39(45)42-25-35(20-22-47(42)61)33-16-12-31(29-59)13-17-33/h1-28H. The molecule has 2 heterocycles. The number of aromatic nitrogens is 2. The number of fused-ring (bicyclic) bond motifs is 6. The van der Waals surface area contributed by atoms with Crippen molar-refractivity contribution in [2.45, 2.75) is 12.4 Å². The molecule has 0 amide bonds. The lowest BCUT2D eigenvalue weighted by Gasteiger charge is -2.22. The van der Waals surface area contributed by atoms with Crippen molar-refractivity contribution in [1.29, 1.82) is 10.5 Å². The smallest absolute Gasteiger partial charge is 0.309 e. The number of alkyl halides is 6. The monoisotopic (exact) mass is 822 g/mol. The van der Waals surface area contributed by atoms with E-state index in [-0.39, 0.29) is 22.5 Å². The molecule has 4 nitrogen and oxygen atoms in total. The first-order chi connectivity index (χ1) is 29.9. The maximum atomic E-state index is 15.9. The number of hydrogen-bond acceptors (Lipinski definition) is 2. The summed E-state index contributed by atoms with van der Waals surface area (Å²) >= 11 is 0. The molecule has 0 radical (unpaired) electrons. The molecule has 0 fully saturated rings. The van der Waals surface area contributed by atoms with Crippen molar-refractivity contribution in [3.8, 4) is 56.9 Å². The quantitative estimate of drug-likeness (QED) is 0.162. The van der Waals surface area contributed by atoms with E-state index in [1.54, 1.807) is 77.4 Å². The van der Waals surface area contributed by atoms with Crippen LogP contribution in [0.3, 0.4) is 0 Å². The number of para-hydroxylation sites is 2. The number of rotatable bonds is 5. The Bertz CT molecular complexity index is 3500. The first kappa shape index (κ1) is 38.1. The van der Waals surface area contributed by atoms with Gasteiger partial charge in [0.2, 0.25) is 0 Å². The Morgan fingerprint density at radius 1 is 0.371 bits per heavy atom. The fourth-order valence-corrected chi connectivity index (χ4v) is 8.57. The number of benzene rings is 8. The van der Waals surface area contributed by atoms with Crippen molar-refractivity contribution in [3.63, 3.8) is 0 Å². The van der Waals surface area contributed by atoms with Crippen LogP contribution < -0.4 is 0 Å². The highest BCUT2D eigenvalue weighted by Crippen LogP contribution is 2.46.